The lowest BCUT2D eigenvalue weighted by molar-refractivity contribution is 0.283. The molecule has 1 aromatic rings. The van der Waals surface area contributed by atoms with E-state index in [1.807, 2.05) is 6.07 Å². The molecule has 0 spiro atoms. The average Bonchev–Trinajstić information content (AvgIpc) is 2.38. The van der Waals surface area contributed by atoms with Gasteiger partial charge in [0.15, 0.2) is 0 Å². The lowest BCUT2D eigenvalue weighted by Gasteiger charge is -2.12. The fourth-order valence-corrected chi connectivity index (χ4v) is 1.60. The molecule has 0 aromatic heterocycles. The van der Waals surface area contributed by atoms with E-state index in [0.29, 0.717) is 11.3 Å². The predicted octanol–water partition coefficient (Wildman–Crippen LogP) is 2.14. The van der Waals surface area contributed by atoms with Gasteiger partial charge >= 0.3 is 0 Å². The molecule has 0 radical (unpaired) electrons. The third-order valence-electron chi connectivity index (χ3n) is 2.50. The van der Waals surface area contributed by atoms with Crippen LogP contribution in [0.3, 0.4) is 0 Å². The van der Waals surface area contributed by atoms with Crippen LogP contribution in [0, 0.1) is 11.3 Å². The van der Waals surface area contributed by atoms with Crippen molar-refractivity contribution in [2.45, 2.75) is 19.3 Å². The summed E-state index contributed by atoms with van der Waals surface area (Å²) >= 11 is 0. The quantitative estimate of drug-likeness (QED) is 0.709. The Kier molecular flexibility index (Phi) is 5.91. The van der Waals surface area contributed by atoms with Gasteiger partial charge in [0.05, 0.1) is 18.4 Å². The Balaban J connectivity index is 2.59. The molecule has 0 aliphatic heterocycles. The van der Waals surface area contributed by atoms with Gasteiger partial charge in [-0.05, 0) is 31.4 Å². The monoisotopic (exact) mass is 234 g/mol. The Morgan fingerprint density at radius 1 is 1.35 bits per heavy atom. The van der Waals surface area contributed by atoms with Crippen LogP contribution < -0.4 is 10.1 Å². The summed E-state index contributed by atoms with van der Waals surface area (Å²) < 4.78 is 5.21. The van der Waals surface area contributed by atoms with Crippen molar-refractivity contribution in [2.75, 3.05) is 25.6 Å². The van der Waals surface area contributed by atoms with Gasteiger partial charge in [-0.25, -0.2) is 0 Å². The molecule has 0 aliphatic carbocycles. The Morgan fingerprint density at radius 3 is 2.82 bits per heavy atom. The summed E-state index contributed by atoms with van der Waals surface area (Å²) in [4.78, 5) is 0. The van der Waals surface area contributed by atoms with E-state index in [1.54, 1.807) is 19.2 Å². The number of anilines is 1. The van der Waals surface area contributed by atoms with E-state index < -0.39 is 0 Å². The van der Waals surface area contributed by atoms with Crippen molar-refractivity contribution in [3.63, 3.8) is 0 Å². The number of nitrogens with one attached hydrogen (secondary N) is 1. The molecule has 0 bridgehead atoms. The number of unbranched alkanes of at least 4 members (excludes halogenated alkanes) is 2. The average molecular weight is 234 g/mol. The van der Waals surface area contributed by atoms with Gasteiger partial charge in [0.1, 0.15) is 11.8 Å². The lowest BCUT2D eigenvalue weighted by atomic mass is 10.1. The van der Waals surface area contributed by atoms with Crippen LogP contribution in [-0.2, 0) is 0 Å². The molecule has 17 heavy (non-hydrogen) atoms. The largest absolute Gasteiger partial charge is 0.495 e. The highest BCUT2D eigenvalue weighted by molar-refractivity contribution is 5.66. The first kappa shape index (κ1) is 13.3. The van der Waals surface area contributed by atoms with Gasteiger partial charge in [-0.3, -0.25) is 0 Å². The van der Waals surface area contributed by atoms with E-state index in [0.717, 1.165) is 31.5 Å². The molecule has 1 aromatic carbocycles. The maximum Gasteiger partial charge on any atom is 0.143 e. The zero-order valence-corrected chi connectivity index (χ0v) is 10.1. The second kappa shape index (κ2) is 7.53. The van der Waals surface area contributed by atoms with Crippen LogP contribution >= 0.6 is 0 Å². The fraction of sp³-hybridized carbons (Fsp3) is 0.462. The van der Waals surface area contributed by atoms with Gasteiger partial charge in [0.2, 0.25) is 0 Å². The van der Waals surface area contributed by atoms with Gasteiger partial charge in [-0.1, -0.05) is 6.07 Å². The minimum absolute atomic E-state index is 0.234. The van der Waals surface area contributed by atoms with Crippen LogP contribution in [0.15, 0.2) is 18.2 Å². The second-order valence-electron chi connectivity index (χ2n) is 3.71. The number of nitriles is 1. The maximum absolute atomic E-state index is 9.00. The minimum Gasteiger partial charge on any atom is -0.495 e. The number of nitrogens with zero attached hydrogens (tertiary/aromatic N) is 1. The Hall–Kier alpha value is -1.73. The molecule has 92 valence electrons. The molecular weight excluding hydrogens is 216 g/mol. The summed E-state index contributed by atoms with van der Waals surface area (Å²) in [5.41, 5.74) is 1.34. The van der Waals surface area contributed by atoms with Crippen LogP contribution in [0.5, 0.6) is 5.75 Å². The molecule has 4 heteroatoms. The molecular formula is C13H18N2O2. The number of ether oxygens (including phenoxy) is 1. The summed E-state index contributed by atoms with van der Waals surface area (Å²) in [6, 6.07) is 7.53. The zero-order valence-electron chi connectivity index (χ0n) is 10.1. The summed E-state index contributed by atoms with van der Waals surface area (Å²) in [6.07, 6.45) is 2.75. The summed E-state index contributed by atoms with van der Waals surface area (Å²) in [7, 11) is 1.59. The topological polar surface area (TPSA) is 65.3 Å². The molecule has 1 rings (SSSR count). The standard InChI is InChI=1S/C13H18N2O2/c1-17-12-7-5-6-11(10-14)13(12)15-8-3-2-4-9-16/h5-7,15-16H,2-4,8-9H2,1H3. The van der Waals surface area contributed by atoms with Crippen LogP contribution in [0.4, 0.5) is 5.69 Å². The van der Waals surface area contributed by atoms with E-state index in [4.69, 9.17) is 15.1 Å². The normalized spacial score (nSPS) is 9.71. The molecule has 0 amide bonds. The van der Waals surface area contributed by atoms with Gasteiger partial charge in [-0.15, -0.1) is 0 Å². The number of aliphatic hydroxyl groups excluding tert-OH is 1. The number of para-hydroxylation sites is 1. The van der Waals surface area contributed by atoms with Crippen LogP contribution in [0.1, 0.15) is 24.8 Å². The highest BCUT2D eigenvalue weighted by Crippen LogP contribution is 2.27. The Bertz CT molecular complexity index is 385. The predicted molar refractivity (Wildman–Crippen MR) is 67.1 cm³/mol. The van der Waals surface area contributed by atoms with Crippen LogP contribution in [0.25, 0.3) is 0 Å². The van der Waals surface area contributed by atoms with Crippen molar-refractivity contribution < 1.29 is 9.84 Å². The summed E-state index contributed by atoms with van der Waals surface area (Å²) in [5.74, 6) is 0.686. The van der Waals surface area contributed by atoms with Crippen molar-refractivity contribution in [1.82, 2.24) is 0 Å². The van der Waals surface area contributed by atoms with Crippen molar-refractivity contribution in [3.8, 4) is 11.8 Å². The number of hydrogen-bond donors (Lipinski definition) is 2. The number of benzene rings is 1. The van der Waals surface area contributed by atoms with Gasteiger partial charge < -0.3 is 15.2 Å². The van der Waals surface area contributed by atoms with Crippen LogP contribution in [-0.4, -0.2) is 25.4 Å². The highest BCUT2D eigenvalue weighted by atomic mass is 16.5. The molecule has 0 fully saturated rings. The van der Waals surface area contributed by atoms with E-state index in [1.165, 1.54) is 0 Å². The lowest BCUT2D eigenvalue weighted by Crippen LogP contribution is -2.05. The number of hydrogen-bond acceptors (Lipinski definition) is 4. The van der Waals surface area contributed by atoms with Crippen molar-refractivity contribution in [3.05, 3.63) is 23.8 Å². The molecule has 0 heterocycles. The van der Waals surface area contributed by atoms with Gasteiger partial charge in [0, 0.05) is 13.2 Å². The van der Waals surface area contributed by atoms with E-state index >= 15 is 0 Å². The van der Waals surface area contributed by atoms with Crippen LogP contribution in [0.2, 0.25) is 0 Å². The number of methoxy groups -OCH3 is 1. The van der Waals surface area contributed by atoms with Crippen molar-refractivity contribution >= 4 is 5.69 Å². The first-order chi connectivity index (χ1) is 8.33. The smallest absolute Gasteiger partial charge is 0.143 e. The minimum atomic E-state index is 0.234. The number of aliphatic hydroxyl groups is 1. The molecule has 0 unspecified atom stereocenters. The van der Waals surface area contributed by atoms with Crippen molar-refractivity contribution in [1.29, 1.82) is 5.26 Å². The first-order valence-electron chi connectivity index (χ1n) is 5.75. The summed E-state index contributed by atoms with van der Waals surface area (Å²) in [5, 5.41) is 20.9. The zero-order chi connectivity index (χ0) is 12.5. The molecule has 0 aliphatic rings. The molecule has 4 nitrogen and oxygen atoms in total. The Morgan fingerprint density at radius 2 is 2.18 bits per heavy atom. The fourth-order valence-electron chi connectivity index (χ4n) is 1.60. The molecule has 0 atom stereocenters. The Labute approximate surface area is 102 Å². The van der Waals surface area contributed by atoms with E-state index in [2.05, 4.69) is 11.4 Å². The molecule has 0 saturated heterocycles. The molecule has 2 N–H and O–H groups in total. The van der Waals surface area contributed by atoms with E-state index in [-0.39, 0.29) is 6.61 Å². The third kappa shape index (κ3) is 3.97. The first-order valence-corrected chi connectivity index (χ1v) is 5.75. The third-order valence-corrected chi connectivity index (χ3v) is 2.50. The van der Waals surface area contributed by atoms with Gasteiger partial charge in [0.25, 0.3) is 0 Å². The SMILES string of the molecule is COc1cccc(C#N)c1NCCCCCO. The van der Waals surface area contributed by atoms with Gasteiger partial charge in [-0.2, -0.15) is 5.26 Å². The maximum atomic E-state index is 9.00. The second-order valence-corrected chi connectivity index (χ2v) is 3.71. The van der Waals surface area contributed by atoms with Crippen molar-refractivity contribution in [2.24, 2.45) is 0 Å². The summed E-state index contributed by atoms with van der Waals surface area (Å²) in [6.45, 7) is 1.01. The van der Waals surface area contributed by atoms with E-state index in [9.17, 15) is 0 Å². The number of rotatable bonds is 7. The molecule has 0 saturated carbocycles. The highest BCUT2D eigenvalue weighted by Gasteiger charge is 2.07.